The van der Waals surface area contributed by atoms with Crippen LogP contribution in [0.15, 0.2) is 48.5 Å². The normalized spacial score (nSPS) is 16.6. The molecule has 9 heteroatoms. The van der Waals surface area contributed by atoms with Gasteiger partial charge < -0.3 is 10.2 Å². The number of hydrogen-bond donors (Lipinski definition) is 1. The highest BCUT2D eigenvalue weighted by Crippen LogP contribution is 2.47. The van der Waals surface area contributed by atoms with Gasteiger partial charge in [-0.25, -0.2) is 3.97 Å². The number of para-hydroxylation sites is 1. The lowest BCUT2D eigenvalue weighted by atomic mass is 9.94. The van der Waals surface area contributed by atoms with Gasteiger partial charge in [0.05, 0.1) is 11.2 Å². The van der Waals surface area contributed by atoms with E-state index in [1.54, 1.807) is 41.3 Å². The average Bonchev–Trinajstić information content (AvgIpc) is 3.04. The molecule has 1 N–H and O–H groups in total. The maximum Gasteiger partial charge on any atom is 0.308 e. The zero-order valence-electron chi connectivity index (χ0n) is 22.1. The predicted octanol–water partition coefficient (Wildman–Crippen LogP) is 4.17. The van der Waals surface area contributed by atoms with Crippen LogP contribution in [0.5, 0.6) is 0 Å². The molecule has 2 heterocycles. The van der Waals surface area contributed by atoms with Gasteiger partial charge >= 0.3 is 10.2 Å². The molecule has 1 atom stereocenters. The number of carbonyl (C=O) groups is 2. The fraction of sp³-hybridized carbons (Fsp3) is 0.407. The van der Waals surface area contributed by atoms with Gasteiger partial charge in [-0.05, 0) is 53.7 Å². The number of amides is 2. The fourth-order valence-electron chi connectivity index (χ4n) is 4.80. The second kappa shape index (κ2) is 8.45. The maximum atomic E-state index is 14.1. The summed E-state index contributed by atoms with van der Waals surface area (Å²) < 4.78 is 29.9. The predicted molar refractivity (Wildman–Crippen MR) is 142 cm³/mol. The van der Waals surface area contributed by atoms with E-state index in [0.717, 1.165) is 4.31 Å². The summed E-state index contributed by atoms with van der Waals surface area (Å²) in [6.45, 7) is 11.3. The van der Waals surface area contributed by atoms with Gasteiger partial charge in [-0.1, -0.05) is 36.4 Å². The first-order chi connectivity index (χ1) is 16.6. The lowest BCUT2D eigenvalue weighted by Gasteiger charge is -2.41. The minimum atomic E-state index is -4.03. The molecule has 0 aliphatic carbocycles. The zero-order valence-corrected chi connectivity index (χ0v) is 22.9. The third-order valence-corrected chi connectivity index (χ3v) is 7.96. The third-order valence-electron chi connectivity index (χ3n) is 6.20. The minimum absolute atomic E-state index is 0.328. The van der Waals surface area contributed by atoms with Crippen LogP contribution >= 0.6 is 0 Å². The van der Waals surface area contributed by atoms with Crippen molar-refractivity contribution >= 4 is 32.9 Å². The molecule has 1 aliphatic heterocycles. The number of rotatable bonds is 3. The molecular weight excluding hydrogens is 476 g/mol. The summed E-state index contributed by atoms with van der Waals surface area (Å²) >= 11 is 0. The molecule has 36 heavy (non-hydrogen) atoms. The molecule has 0 bridgehead atoms. The van der Waals surface area contributed by atoms with Crippen LogP contribution in [-0.2, 0) is 15.0 Å². The monoisotopic (exact) mass is 510 g/mol. The van der Waals surface area contributed by atoms with Crippen molar-refractivity contribution in [1.82, 2.24) is 18.5 Å². The Morgan fingerprint density at radius 3 is 2.03 bits per heavy atom. The third kappa shape index (κ3) is 4.10. The zero-order chi connectivity index (χ0) is 26.8. The van der Waals surface area contributed by atoms with Gasteiger partial charge in [0.15, 0.2) is 0 Å². The quantitative estimate of drug-likeness (QED) is 0.572. The van der Waals surface area contributed by atoms with E-state index in [2.05, 4.69) is 5.32 Å². The number of nitrogens with zero attached hydrogens (tertiary/aromatic N) is 3. The van der Waals surface area contributed by atoms with Crippen LogP contribution in [-0.4, -0.2) is 58.6 Å². The Labute approximate surface area is 213 Å². The van der Waals surface area contributed by atoms with Crippen LogP contribution in [0.2, 0.25) is 0 Å². The summed E-state index contributed by atoms with van der Waals surface area (Å²) in [5.41, 5.74) is 0.757. The lowest BCUT2D eigenvalue weighted by Crippen LogP contribution is -2.54. The fourth-order valence-corrected chi connectivity index (χ4v) is 5.96. The van der Waals surface area contributed by atoms with Crippen molar-refractivity contribution in [2.45, 2.75) is 58.7 Å². The molecule has 8 nitrogen and oxygen atoms in total. The highest BCUT2D eigenvalue weighted by atomic mass is 32.2. The number of aromatic nitrogens is 1. The van der Waals surface area contributed by atoms with Crippen LogP contribution < -0.4 is 5.32 Å². The van der Waals surface area contributed by atoms with Gasteiger partial charge in [-0.15, -0.1) is 0 Å². The van der Waals surface area contributed by atoms with E-state index in [4.69, 9.17) is 0 Å². The molecule has 2 aromatic carbocycles. The first-order valence-corrected chi connectivity index (χ1v) is 13.3. The van der Waals surface area contributed by atoms with E-state index in [-0.39, 0.29) is 11.8 Å². The summed E-state index contributed by atoms with van der Waals surface area (Å²) in [5.74, 6) is -0.703. The number of fused-ring (bicyclic) bond motifs is 5. The Hall–Kier alpha value is -3.17. The van der Waals surface area contributed by atoms with Crippen molar-refractivity contribution in [2.75, 3.05) is 14.1 Å². The topological polar surface area (TPSA) is 91.7 Å². The van der Waals surface area contributed by atoms with Crippen LogP contribution in [0.1, 0.15) is 63.5 Å². The molecule has 1 aliphatic rings. The molecule has 0 spiro atoms. The second-order valence-electron chi connectivity index (χ2n) is 11.4. The van der Waals surface area contributed by atoms with E-state index in [1.807, 2.05) is 53.7 Å². The maximum absolute atomic E-state index is 14.1. The van der Waals surface area contributed by atoms with Gasteiger partial charge in [0.2, 0.25) is 5.91 Å². The van der Waals surface area contributed by atoms with Gasteiger partial charge in [0, 0.05) is 47.2 Å². The first kappa shape index (κ1) is 25.9. The molecule has 3 aromatic rings. The molecule has 4 rings (SSSR count). The summed E-state index contributed by atoms with van der Waals surface area (Å²) in [6, 6.07) is 13.0. The molecule has 1 aromatic heterocycles. The molecule has 192 valence electrons. The van der Waals surface area contributed by atoms with Gasteiger partial charge in [-0.2, -0.15) is 12.7 Å². The summed E-state index contributed by atoms with van der Waals surface area (Å²) in [4.78, 5) is 29.8. The highest BCUT2D eigenvalue weighted by Gasteiger charge is 2.47. The molecule has 0 saturated carbocycles. The highest BCUT2D eigenvalue weighted by molar-refractivity contribution is 7.87. The van der Waals surface area contributed by atoms with Gasteiger partial charge in [-0.3, -0.25) is 9.59 Å². The summed E-state index contributed by atoms with van der Waals surface area (Å²) in [5, 5.41) is 3.64. The summed E-state index contributed by atoms with van der Waals surface area (Å²) in [6.07, 6.45) is 0. The molecule has 2 amide bonds. The van der Waals surface area contributed by atoms with Gasteiger partial charge in [0.25, 0.3) is 5.91 Å². The van der Waals surface area contributed by atoms with E-state index in [9.17, 15) is 18.0 Å². The Balaban J connectivity index is 2.27. The van der Waals surface area contributed by atoms with Crippen molar-refractivity contribution in [3.05, 3.63) is 59.7 Å². The second-order valence-corrected chi connectivity index (χ2v) is 13.4. The molecule has 1 unspecified atom stereocenters. The molecule has 0 radical (unpaired) electrons. The Bertz CT molecular complexity index is 1470. The lowest BCUT2D eigenvalue weighted by molar-refractivity contribution is -0.129. The van der Waals surface area contributed by atoms with Crippen molar-refractivity contribution in [3.63, 3.8) is 0 Å². The van der Waals surface area contributed by atoms with Crippen molar-refractivity contribution < 1.29 is 18.0 Å². The number of hydrogen-bond acceptors (Lipinski definition) is 4. The van der Waals surface area contributed by atoms with E-state index in [1.165, 1.54) is 18.1 Å². The van der Waals surface area contributed by atoms with Crippen molar-refractivity contribution in [3.8, 4) is 11.3 Å². The first-order valence-electron chi connectivity index (χ1n) is 11.9. The summed E-state index contributed by atoms with van der Waals surface area (Å²) in [7, 11) is -1.09. The molecule has 0 fully saturated rings. The van der Waals surface area contributed by atoms with Crippen molar-refractivity contribution in [2.24, 2.45) is 0 Å². The van der Waals surface area contributed by atoms with Crippen LogP contribution in [0.3, 0.4) is 0 Å². The Kier molecular flexibility index (Phi) is 6.08. The van der Waals surface area contributed by atoms with Gasteiger partial charge in [0.1, 0.15) is 6.04 Å². The largest absolute Gasteiger partial charge is 0.349 e. The van der Waals surface area contributed by atoms with E-state index in [0.29, 0.717) is 33.3 Å². The SMILES string of the molecule is CN(C)S(=O)(=O)n1c2c(c3ccccc31)C(C(=O)NC(C)(C)C)N(C(C)(C)C)C(=O)c1ccccc1-2. The standard InChI is InChI=1S/C27H34N4O4S/c1-26(2,3)28-24(32)23-21-19-15-11-12-16-20(19)31(36(34,35)29(7)8)22(21)17-13-9-10-14-18(17)25(33)30(23)27(4,5)6/h9-16,23H,1-8H3,(H,28,32). The number of nitrogens with one attached hydrogen (secondary N) is 1. The number of benzene rings is 2. The van der Waals surface area contributed by atoms with Crippen LogP contribution in [0, 0.1) is 0 Å². The van der Waals surface area contributed by atoms with Crippen LogP contribution in [0.25, 0.3) is 22.2 Å². The smallest absolute Gasteiger partial charge is 0.308 e. The van der Waals surface area contributed by atoms with E-state index >= 15 is 0 Å². The van der Waals surface area contributed by atoms with Crippen LogP contribution in [0.4, 0.5) is 0 Å². The molecular formula is C27H34N4O4S. The van der Waals surface area contributed by atoms with E-state index < -0.39 is 27.3 Å². The minimum Gasteiger partial charge on any atom is -0.349 e. The average molecular weight is 511 g/mol. The molecule has 0 saturated heterocycles. The van der Waals surface area contributed by atoms with Crippen molar-refractivity contribution in [1.29, 1.82) is 0 Å². The Morgan fingerprint density at radius 1 is 0.917 bits per heavy atom. The number of carbonyl (C=O) groups excluding carboxylic acids is 2. The Morgan fingerprint density at radius 2 is 1.47 bits per heavy atom.